The van der Waals surface area contributed by atoms with Gasteiger partial charge in [-0.25, -0.2) is 0 Å². The Balaban J connectivity index is 1.71. The molecule has 1 aromatic carbocycles. The molecule has 4 heteroatoms. The lowest BCUT2D eigenvalue weighted by atomic mass is 10.1. The van der Waals surface area contributed by atoms with E-state index in [4.69, 9.17) is 5.73 Å². The molecular weight excluding hydrogens is 238 g/mol. The summed E-state index contributed by atoms with van der Waals surface area (Å²) in [6.45, 7) is 1.35. The van der Waals surface area contributed by atoms with Gasteiger partial charge in [0.1, 0.15) is 0 Å². The third kappa shape index (κ3) is 4.35. The summed E-state index contributed by atoms with van der Waals surface area (Å²) in [6.07, 6.45) is 3.79. The second-order valence-corrected chi connectivity index (χ2v) is 4.50. The number of nitrogens with two attached hydrogens (primary N) is 1. The number of aliphatic hydroxyl groups is 1. The average molecular weight is 257 g/mol. The van der Waals surface area contributed by atoms with Gasteiger partial charge in [0.2, 0.25) is 0 Å². The van der Waals surface area contributed by atoms with E-state index >= 15 is 0 Å². The van der Waals surface area contributed by atoms with Gasteiger partial charge in [0.25, 0.3) is 0 Å². The topological polar surface area (TPSA) is 71.2 Å². The summed E-state index contributed by atoms with van der Waals surface area (Å²) in [5.74, 6) is 0. The van der Waals surface area contributed by atoms with Gasteiger partial charge in [-0.1, -0.05) is 18.2 Å². The van der Waals surface area contributed by atoms with Crippen molar-refractivity contribution in [3.63, 3.8) is 0 Å². The minimum atomic E-state index is -0.514. The van der Waals surface area contributed by atoms with E-state index in [9.17, 15) is 5.11 Å². The number of nitrogens with zero attached hydrogens (tertiary/aromatic N) is 1. The van der Waals surface area contributed by atoms with Gasteiger partial charge in [-0.05, 0) is 36.7 Å². The Kier molecular flexibility index (Phi) is 4.89. The van der Waals surface area contributed by atoms with Crippen LogP contribution < -0.4 is 11.1 Å². The van der Waals surface area contributed by atoms with Crippen LogP contribution in [-0.4, -0.2) is 23.2 Å². The first-order valence-corrected chi connectivity index (χ1v) is 6.39. The predicted octanol–water partition coefficient (Wildman–Crippen LogP) is 1.53. The zero-order valence-corrected chi connectivity index (χ0v) is 10.8. The van der Waals surface area contributed by atoms with Gasteiger partial charge in [0, 0.05) is 30.2 Å². The molecule has 100 valence electrons. The summed E-state index contributed by atoms with van der Waals surface area (Å²) in [4.78, 5) is 3.99. The molecule has 0 radical (unpaired) electrons. The Morgan fingerprint density at radius 2 is 2.00 bits per heavy atom. The van der Waals surface area contributed by atoms with Gasteiger partial charge in [-0.2, -0.15) is 0 Å². The van der Waals surface area contributed by atoms with E-state index < -0.39 is 6.10 Å². The number of pyridine rings is 1. The highest BCUT2D eigenvalue weighted by atomic mass is 16.3. The molecule has 2 aromatic rings. The number of hydrogen-bond acceptors (Lipinski definition) is 4. The number of anilines is 1. The lowest BCUT2D eigenvalue weighted by molar-refractivity contribution is 0.174. The molecule has 2 rings (SSSR count). The van der Waals surface area contributed by atoms with Gasteiger partial charge in [-0.3, -0.25) is 4.98 Å². The second kappa shape index (κ2) is 6.87. The molecule has 0 saturated heterocycles. The van der Waals surface area contributed by atoms with E-state index in [1.165, 1.54) is 5.56 Å². The molecule has 0 spiro atoms. The maximum atomic E-state index is 9.94. The highest BCUT2D eigenvalue weighted by Crippen LogP contribution is 2.09. The van der Waals surface area contributed by atoms with Crippen molar-refractivity contribution in [2.75, 3.05) is 18.8 Å². The number of nitrogen functional groups attached to an aromatic ring is 1. The number of rotatable bonds is 6. The van der Waals surface area contributed by atoms with Gasteiger partial charge < -0.3 is 16.2 Å². The fraction of sp³-hybridized carbons (Fsp3) is 0.267. The molecule has 0 bridgehead atoms. The predicted molar refractivity (Wildman–Crippen MR) is 76.6 cm³/mol. The molecule has 0 aliphatic rings. The van der Waals surface area contributed by atoms with E-state index in [0.717, 1.165) is 24.2 Å². The molecule has 0 saturated carbocycles. The Labute approximate surface area is 113 Å². The standard InChI is InChI=1S/C15H19N3O/c16-14-5-3-12(4-6-14)7-9-18-11-15(19)13-2-1-8-17-10-13/h1-6,8,10,15,18-19H,7,9,11,16H2. The average Bonchev–Trinajstić information content (AvgIpc) is 2.46. The van der Waals surface area contributed by atoms with Crippen molar-refractivity contribution >= 4 is 5.69 Å². The molecule has 4 N–H and O–H groups in total. The molecule has 0 aliphatic heterocycles. The van der Waals surface area contributed by atoms with E-state index in [1.807, 2.05) is 36.4 Å². The Morgan fingerprint density at radius 1 is 1.21 bits per heavy atom. The first-order chi connectivity index (χ1) is 9.25. The Bertz CT molecular complexity index is 485. The van der Waals surface area contributed by atoms with Crippen molar-refractivity contribution < 1.29 is 5.11 Å². The molecule has 0 aliphatic carbocycles. The quantitative estimate of drug-likeness (QED) is 0.542. The third-order valence-corrected chi connectivity index (χ3v) is 2.98. The molecule has 1 unspecified atom stereocenters. The summed E-state index contributed by atoms with van der Waals surface area (Å²) in [7, 11) is 0. The van der Waals surface area contributed by atoms with Crippen LogP contribution in [-0.2, 0) is 6.42 Å². The Hall–Kier alpha value is -1.91. The van der Waals surface area contributed by atoms with Crippen LogP contribution in [0.3, 0.4) is 0 Å². The number of nitrogens with one attached hydrogen (secondary N) is 1. The van der Waals surface area contributed by atoms with Crippen molar-refractivity contribution in [3.05, 3.63) is 59.9 Å². The molecular formula is C15H19N3O. The van der Waals surface area contributed by atoms with Crippen molar-refractivity contribution in [1.82, 2.24) is 10.3 Å². The van der Waals surface area contributed by atoms with Crippen LogP contribution in [0, 0.1) is 0 Å². The van der Waals surface area contributed by atoms with Gasteiger partial charge in [0.05, 0.1) is 6.10 Å². The first kappa shape index (κ1) is 13.5. The fourth-order valence-corrected chi connectivity index (χ4v) is 1.85. The lowest BCUT2D eigenvalue weighted by Crippen LogP contribution is -2.23. The summed E-state index contributed by atoms with van der Waals surface area (Å²) in [5.41, 5.74) is 8.48. The van der Waals surface area contributed by atoms with Gasteiger partial charge in [0.15, 0.2) is 0 Å². The number of aliphatic hydroxyl groups excluding tert-OH is 1. The van der Waals surface area contributed by atoms with E-state index in [-0.39, 0.29) is 0 Å². The minimum Gasteiger partial charge on any atom is -0.399 e. The first-order valence-electron chi connectivity index (χ1n) is 6.39. The molecule has 1 aromatic heterocycles. The molecule has 4 nitrogen and oxygen atoms in total. The summed E-state index contributed by atoms with van der Waals surface area (Å²) >= 11 is 0. The molecule has 0 amide bonds. The Morgan fingerprint density at radius 3 is 2.68 bits per heavy atom. The second-order valence-electron chi connectivity index (χ2n) is 4.50. The SMILES string of the molecule is Nc1ccc(CCNCC(O)c2cccnc2)cc1. The van der Waals surface area contributed by atoms with Crippen LogP contribution in [0.15, 0.2) is 48.8 Å². The highest BCUT2D eigenvalue weighted by molar-refractivity contribution is 5.39. The maximum Gasteiger partial charge on any atom is 0.0929 e. The largest absolute Gasteiger partial charge is 0.399 e. The number of hydrogen-bond donors (Lipinski definition) is 3. The van der Waals surface area contributed by atoms with Crippen LogP contribution in [0.1, 0.15) is 17.2 Å². The highest BCUT2D eigenvalue weighted by Gasteiger charge is 2.05. The number of benzene rings is 1. The van der Waals surface area contributed by atoms with Crippen molar-refractivity contribution in [2.24, 2.45) is 0 Å². The molecule has 1 atom stereocenters. The van der Waals surface area contributed by atoms with Crippen molar-refractivity contribution in [1.29, 1.82) is 0 Å². The van der Waals surface area contributed by atoms with Crippen LogP contribution in [0.2, 0.25) is 0 Å². The van der Waals surface area contributed by atoms with Crippen LogP contribution in [0.5, 0.6) is 0 Å². The van der Waals surface area contributed by atoms with Crippen molar-refractivity contribution in [2.45, 2.75) is 12.5 Å². The fourth-order valence-electron chi connectivity index (χ4n) is 1.85. The number of aromatic nitrogens is 1. The van der Waals surface area contributed by atoms with Crippen LogP contribution >= 0.6 is 0 Å². The zero-order valence-electron chi connectivity index (χ0n) is 10.8. The van der Waals surface area contributed by atoms with Crippen LogP contribution in [0.4, 0.5) is 5.69 Å². The normalized spacial score (nSPS) is 12.3. The maximum absolute atomic E-state index is 9.94. The van der Waals surface area contributed by atoms with Gasteiger partial charge in [-0.15, -0.1) is 0 Å². The monoisotopic (exact) mass is 257 g/mol. The van der Waals surface area contributed by atoms with E-state index in [2.05, 4.69) is 10.3 Å². The molecule has 0 fully saturated rings. The summed E-state index contributed by atoms with van der Waals surface area (Å²) in [6, 6.07) is 11.6. The minimum absolute atomic E-state index is 0.514. The summed E-state index contributed by atoms with van der Waals surface area (Å²) < 4.78 is 0. The lowest BCUT2D eigenvalue weighted by Gasteiger charge is -2.11. The van der Waals surface area contributed by atoms with Crippen molar-refractivity contribution in [3.8, 4) is 0 Å². The van der Waals surface area contributed by atoms with Gasteiger partial charge >= 0.3 is 0 Å². The van der Waals surface area contributed by atoms with E-state index in [0.29, 0.717) is 6.54 Å². The van der Waals surface area contributed by atoms with Crippen LogP contribution in [0.25, 0.3) is 0 Å². The molecule has 1 heterocycles. The van der Waals surface area contributed by atoms with E-state index in [1.54, 1.807) is 12.4 Å². The summed E-state index contributed by atoms with van der Waals surface area (Å²) in [5, 5.41) is 13.2. The third-order valence-electron chi connectivity index (χ3n) is 2.98. The molecule has 19 heavy (non-hydrogen) atoms. The zero-order chi connectivity index (χ0) is 13.5. The smallest absolute Gasteiger partial charge is 0.0929 e.